The highest BCUT2D eigenvalue weighted by Gasteiger charge is 2.18. The first-order valence-electron chi connectivity index (χ1n) is 15.0. The van der Waals surface area contributed by atoms with Crippen LogP contribution in [0.15, 0.2) is 91.0 Å². The van der Waals surface area contributed by atoms with E-state index < -0.39 is 0 Å². The van der Waals surface area contributed by atoms with Gasteiger partial charge in [-0.1, -0.05) is 100 Å². The van der Waals surface area contributed by atoms with E-state index in [1.54, 1.807) is 24.5 Å². The summed E-state index contributed by atoms with van der Waals surface area (Å²) in [4.78, 5) is 2.35. The van der Waals surface area contributed by atoms with Crippen LogP contribution in [0.3, 0.4) is 0 Å². The minimum atomic E-state index is -0.284. The smallest absolute Gasteiger partial charge is 0.131 e. The third-order valence-corrected chi connectivity index (χ3v) is 9.97. The van der Waals surface area contributed by atoms with Gasteiger partial charge in [-0.05, 0) is 64.9 Å². The molecule has 0 N–H and O–H groups in total. The number of aromatic nitrogens is 2. The molecule has 1 atom stereocenters. The summed E-state index contributed by atoms with van der Waals surface area (Å²) in [6.45, 7) is 4.57. The van der Waals surface area contributed by atoms with E-state index in [9.17, 15) is 0 Å². The Balaban J connectivity index is 1.24. The van der Waals surface area contributed by atoms with E-state index in [-0.39, 0.29) is 5.82 Å². The molecule has 4 aromatic carbocycles. The normalized spacial score (nSPS) is 12.1. The predicted molar refractivity (Wildman–Crippen MR) is 181 cm³/mol. The molecule has 2 aromatic heterocycles. The second-order valence-corrected chi connectivity index (χ2v) is 12.6. The van der Waals surface area contributed by atoms with Gasteiger partial charge in [-0.15, -0.1) is 11.3 Å². The number of rotatable bonds is 11. The average molecular weight is 607 g/mol. The molecule has 43 heavy (non-hydrogen) atoms. The van der Waals surface area contributed by atoms with Crippen LogP contribution in [-0.4, -0.2) is 15.9 Å². The number of ether oxygens (including phenoxy) is 1. The second kappa shape index (κ2) is 13.2. The number of nitrogens with zero attached hydrogens (tertiary/aromatic N) is 2. The van der Waals surface area contributed by atoms with E-state index in [2.05, 4.69) is 65.1 Å². The number of fused-ring (bicyclic) bond motifs is 1. The maximum Gasteiger partial charge on any atom is 0.131 e. The van der Waals surface area contributed by atoms with Crippen molar-refractivity contribution in [3.05, 3.63) is 102 Å². The molecule has 6 heteroatoms. The number of benzene rings is 4. The zero-order valence-corrected chi connectivity index (χ0v) is 26.4. The fourth-order valence-electron chi connectivity index (χ4n) is 5.70. The Morgan fingerprint density at radius 1 is 0.721 bits per heavy atom. The fourth-order valence-corrected chi connectivity index (χ4v) is 7.31. The molecular weight excluding hydrogens is 572 g/mol. The molecule has 6 rings (SSSR count). The van der Waals surface area contributed by atoms with Crippen LogP contribution in [-0.2, 0) is 6.42 Å². The van der Waals surface area contributed by atoms with Crippen molar-refractivity contribution in [3.8, 4) is 48.9 Å². The summed E-state index contributed by atoms with van der Waals surface area (Å²) in [5.74, 6) is 1.25. The zero-order valence-electron chi connectivity index (χ0n) is 24.8. The van der Waals surface area contributed by atoms with Gasteiger partial charge in [-0.2, -0.15) is 8.75 Å². The van der Waals surface area contributed by atoms with E-state index in [1.807, 2.05) is 42.5 Å². The molecule has 0 aliphatic heterocycles. The Kier molecular flexibility index (Phi) is 8.96. The van der Waals surface area contributed by atoms with E-state index in [0.29, 0.717) is 5.56 Å². The lowest BCUT2D eigenvalue weighted by molar-refractivity contribution is 0.415. The number of hydrogen-bond donors (Lipinski definition) is 0. The van der Waals surface area contributed by atoms with Crippen LogP contribution in [0.25, 0.3) is 54.2 Å². The van der Waals surface area contributed by atoms with Gasteiger partial charge in [-0.3, -0.25) is 0 Å². The van der Waals surface area contributed by atoms with Crippen LogP contribution >= 0.6 is 23.1 Å². The summed E-state index contributed by atoms with van der Waals surface area (Å²) in [6.07, 6.45) is 6.26. The van der Waals surface area contributed by atoms with Crippen molar-refractivity contribution in [1.82, 2.24) is 8.75 Å². The largest absolute Gasteiger partial charge is 0.497 e. The van der Waals surface area contributed by atoms with Crippen molar-refractivity contribution < 1.29 is 9.13 Å². The Bertz CT molecular complexity index is 1820. The minimum Gasteiger partial charge on any atom is -0.497 e. The molecule has 3 nitrogen and oxygen atoms in total. The van der Waals surface area contributed by atoms with Crippen LogP contribution in [0, 0.1) is 11.7 Å². The number of methoxy groups -OCH3 is 1. The SMILES string of the molecule is CCCCC(CC)Cc1ccc(-c2ccc(-c3ccc(-c4ccc(-c5ccc(OC)cc5)cc4F)c4nsnc34)s2)cc1. The molecule has 0 aliphatic carbocycles. The first-order valence-corrected chi connectivity index (χ1v) is 16.5. The highest BCUT2D eigenvalue weighted by atomic mass is 32.1. The molecule has 2 heterocycles. The van der Waals surface area contributed by atoms with Gasteiger partial charge < -0.3 is 4.74 Å². The van der Waals surface area contributed by atoms with Gasteiger partial charge in [0.15, 0.2) is 0 Å². The molecule has 0 saturated carbocycles. The quantitative estimate of drug-likeness (QED) is 0.147. The molecule has 0 radical (unpaired) electrons. The van der Waals surface area contributed by atoms with Crippen molar-refractivity contribution in [1.29, 1.82) is 0 Å². The molecule has 0 fully saturated rings. The number of thiophene rings is 1. The van der Waals surface area contributed by atoms with Crippen LogP contribution < -0.4 is 4.74 Å². The number of hydrogen-bond acceptors (Lipinski definition) is 5. The second-order valence-electron chi connectivity index (χ2n) is 11.0. The number of unbranched alkanes of at least 4 members (excludes halogenated alkanes) is 1. The van der Waals surface area contributed by atoms with Gasteiger partial charge in [0.2, 0.25) is 0 Å². The lowest BCUT2D eigenvalue weighted by atomic mass is 9.91. The van der Waals surface area contributed by atoms with Gasteiger partial charge in [0.05, 0.1) is 18.8 Å². The summed E-state index contributed by atoms with van der Waals surface area (Å²) in [6, 6.07) is 30.4. The van der Waals surface area contributed by atoms with Crippen molar-refractivity contribution in [2.75, 3.05) is 7.11 Å². The maximum absolute atomic E-state index is 15.5. The molecule has 0 spiro atoms. The maximum atomic E-state index is 15.5. The first kappa shape index (κ1) is 29.2. The predicted octanol–water partition coefficient (Wildman–Crippen LogP) is 11.3. The van der Waals surface area contributed by atoms with Gasteiger partial charge in [0.25, 0.3) is 0 Å². The molecule has 0 aliphatic rings. The van der Waals surface area contributed by atoms with Crippen LogP contribution in [0.5, 0.6) is 5.75 Å². The summed E-state index contributed by atoms with van der Waals surface area (Å²) in [7, 11) is 1.63. The average Bonchev–Trinajstić information content (AvgIpc) is 3.74. The van der Waals surface area contributed by atoms with Crippen LogP contribution in [0.1, 0.15) is 45.1 Å². The Morgan fingerprint density at radius 2 is 1.37 bits per heavy atom. The summed E-state index contributed by atoms with van der Waals surface area (Å²) >= 11 is 2.92. The van der Waals surface area contributed by atoms with Gasteiger partial charge >= 0.3 is 0 Å². The van der Waals surface area contributed by atoms with E-state index >= 15 is 4.39 Å². The molecule has 6 aromatic rings. The van der Waals surface area contributed by atoms with Crippen molar-refractivity contribution in [3.63, 3.8) is 0 Å². The van der Waals surface area contributed by atoms with E-state index in [1.165, 1.54) is 53.4 Å². The third-order valence-electron chi connectivity index (χ3n) is 8.28. The van der Waals surface area contributed by atoms with Crippen molar-refractivity contribution in [2.45, 2.75) is 46.0 Å². The first-order chi connectivity index (χ1) is 21.1. The lowest BCUT2D eigenvalue weighted by Crippen LogP contribution is -2.03. The monoisotopic (exact) mass is 606 g/mol. The van der Waals surface area contributed by atoms with E-state index in [0.717, 1.165) is 56.3 Å². The molecular formula is C37H35FN2OS2. The minimum absolute atomic E-state index is 0.284. The van der Waals surface area contributed by atoms with Gasteiger partial charge in [-0.25, -0.2) is 4.39 Å². The van der Waals surface area contributed by atoms with Gasteiger partial charge in [0, 0.05) is 26.4 Å². The number of halogens is 1. The summed E-state index contributed by atoms with van der Waals surface area (Å²) in [5, 5.41) is 0. The van der Waals surface area contributed by atoms with Gasteiger partial charge in [0.1, 0.15) is 22.6 Å². The molecule has 218 valence electrons. The summed E-state index contributed by atoms with van der Waals surface area (Å²) in [5.41, 5.74) is 8.22. The van der Waals surface area contributed by atoms with Crippen molar-refractivity contribution >= 4 is 34.1 Å². The summed E-state index contributed by atoms with van der Waals surface area (Å²) < 4.78 is 30.0. The highest BCUT2D eigenvalue weighted by Crippen LogP contribution is 2.41. The Hall–Kier alpha value is -3.87. The molecule has 0 amide bonds. The zero-order chi connectivity index (χ0) is 29.8. The van der Waals surface area contributed by atoms with Crippen LogP contribution in [0.4, 0.5) is 4.39 Å². The van der Waals surface area contributed by atoms with Crippen molar-refractivity contribution in [2.24, 2.45) is 5.92 Å². The highest BCUT2D eigenvalue weighted by molar-refractivity contribution is 7.19. The topological polar surface area (TPSA) is 35.0 Å². The third kappa shape index (κ3) is 6.27. The fraction of sp³-hybridized carbons (Fsp3) is 0.243. The Morgan fingerprint density at radius 3 is 2.07 bits per heavy atom. The standard InChI is InChI=1S/C37H35FN2OS2/c1-4-6-7-24(5-2)22-25-8-10-27(11-9-25)34-20-21-35(42-34)32-19-18-31(36-37(32)40-43-39-36)30-17-14-28(23-33(30)38)26-12-15-29(41-3)16-13-26/h8-21,23-24H,4-7,22H2,1-3H3. The van der Waals surface area contributed by atoms with E-state index in [4.69, 9.17) is 4.74 Å². The lowest BCUT2D eigenvalue weighted by Gasteiger charge is -2.14. The Labute approximate surface area is 261 Å². The molecule has 0 bridgehead atoms. The molecule has 0 saturated heterocycles. The van der Waals surface area contributed by atoms with Crippen LogP contribution in [0.2, 0.25) is 0 Å². The molecule has 1 unspecified atom stereocenters.